The van der Waals surface area contributed by atoms with Gasteiger partial charge in [-0.15, -0.1) is 0 Å². The highest BCUT2D eigenvalue weighted by Crippen LogP contribution is 2.19. The number of sulfone groups is 1. The number of aliphatic hydroxyl groups excluding tert-OH is 1. The molecule has 0 saturated carbocycles. The highest BCUT2D eigenvalue weighted by atomic mass is 32.2. The first-order valence-electron chi connectivity index (χ1n) is 6.27. The first-order valence-corrected chi connectivity index (χ1v) is 9.03. The maximum absolute atomic E-state index is 11.9. The Bertz CT molecular complexity index is 620. The van der Waals surface area contributed by atoms with Gasteiger partial charge in [-0.05, 0) is 24.3 Å². The summed E-state index contributed by atoms with van der Waals surface area (Å²) < 4.78 is 28.7. The lowest BCUT2D eigenvalue weighted by molar-refractivity contribution is 0.284. The molecule has 0 atom stereocenters. The Labute approximate surface area is 121 Å². The van der Waals surface area contributed by atoms with Gasteiger partial charge >= 0.3 is 0 Å². The lowest BCUT2D eigenvalue weighted by Gasteiger charge is -2.00. The van der Waals surface area contributed by atoms with Crippen molar-refractivity contribution in [3.8, 4) is 11.4 Å². The molecular weight excluding hydrogens is 300 g/mol. The predicted molar refractivity (Wildman–Crippen MR) is 76.0 cm³/mol. The minimum absolute atomic E-state index is 0.0726. The summed E-state index contributed by atoms with van der Waals surface area (Å²) in [5.74, 6) is 0.372. The van der Waals surface area contributed by atoms with Crippen molar-refractivity contribution >= 4 is 21.2 Å². The van der Waals surface area contributed by atoms with Crippen LogP contribution in [-0.2, 0) is 15.6 Å². The molecule has 0 unspecified atom stereocenters. The number of thiophene rings is 1. The first-order chi connectivity index (χ1) is 9.61. The molecule has 0 aliphatic rings. The van der Waals surface area contributed by atoms with Gasteiger partial charge in [-0.1, -0.05) is 11.6 Å². The van der Waals surface area contributed by atoms with Gasteiger partial charge in [0.2, 0.25) is 11.7 Å². The SMILES string of the molecule is O=S(=O)(CCCCCO)Cc1nc(-c2ccsc2)no1. The van der Waals surface area contributed by atoms with Gasteiger partial charge in [-0.25, -0.2) is 8.42 Å². The molecule has 0 fully saturated rings. The largest absolute Gasteiger partial charge is 0.396 e. The zero-order valence-electron chi connectivity index (χ0n) is 10.9. The van der Waals surface area contributed by atoms with Crippen molar-refractivity contribution in [2.75, 3.05) is 12.4 Å². The van der Waals surface area contributed by atoms with E-state index in [2.05, 4.69) is 10.1 Å². The molecule has 6 nitrogen and oxygen atoms in total. The van der Waals surface area contributed by atoms with Crippen LogP contribution in [0.3, 0.4) is 0 Å². The van der Waals surface area contributed by atoms with Gasteiger partial charge in [0.1, 0.15) is 5.75 Å². The zero-order chi connectivity index (χ0) is 14.4. The van der Waals surface area contributed by atoms with Crippen LogP contribution in [0.15, 0.2) is 21.3 Å². The second-order valence-electron chi connectivity index (χ2n) is 4.40. The smallest absolute Gasteiger partial charge is 0.242 e. The summed E-state index contributed by atoms with van der Waals surface area (Å²) in [7, 11) is -3.25. The zero-order valence-corrected chi connectivity index (χ0v) is 12.5. The number of hydrogen-bond acceptors (Lipinski definition) is 7. The average molecular weight is 316 g/mol. The van der Waals surface area contributed by atoms with Gasteiger partial charge in [0, 0.05) is 17.6 Å². The summed E-state index contributed by atoms with van der Waals surface area (Å²) >= 11 is 1.51. The molecule has 2 aromatic heterocycles. The van der Waals surface area contributed by atoms with E-state index in [0.29, 0.717) is 25.1 Å². The summed E-state index contributed by atoms with van der Waals surface area (Å²) in [4.78, 5) is 4.09. The van der Waals surface area contributed by atoms with Crippen molar-refractivity contribution in [3.05, 3.63) is 22.7 Å². The van der Waals surface area contributed by atoms with Crippen LogP contribution in [0, 0.1) is 0 Å². The Hall–Kier alpha value is -1.25. The molecule has 0 radical (unpaired) electrons. The molecule has 0 amide bonds. The first kappa shape index (κ1) is 15.1. The van der Waals surface area contributed by atoms with Gasteiger partial charge in [-0.2, -0.15) is 16.3 Å². The van der Waals surface area contributed by atoms with E-state index >= 15 is 0 Å². The van der Waals surface area contributed by atoms with E-state index in [-0.39, 0.29) is 24.0 Å². The maximum Gasteiger partial charge on any atom is 0.242 e. The van der Waals surface area contributed by atoms with E-state index in [9.17, 15) is 8.42 Å². The normalized spacial score (nSPS) is 11.8. The second kappa shape index (κ2) is 6.96. The van der Waals surface area contributed by atoms with Gasteiger partial charge in [0.05, 0.1) is 5.75 Å². The van der Waals surface area contributed by atoms with Crippen LogP contribution in [-0.4, -0.2) is 36.0 Å². The maximum atomic E-state index is 11.9. The molecule has 1 N–H and O–H groups in total. The topological polar surface area (TPSA) is 93.3 Å². The van der Waals surface area contributed by atoms with E-state index in [1.54, 1.807) is 0 Å². The summed E-state index contributed by atoms with van der Waals surface area (Å²) in [5, 5.41) is 16.2. The summed E-state index contributed by atoms with van der Waals surface area (Å²) in [6, 6.07) is 1.85. The molecule has 2 rings (SSSR count). The van der Waals surface area contributed by atoms with E-state index in [0.717, 1.165) is 5.56 Å². The van der Waals surface area contributed by atoms with Crippen molar-refractivity contribution in [2.24, 2.45) is 0 Å². The van der Waals surface area contributed by atoms with Gasteiger partial charge < -0.3 is 9.63 Å². The molecule has 0 saturated heterocycles. The van der Waals surface area contributed by atoms with Crippen LogP contribution in [0.25, 0.3) is 11.4 Å². The van der Waals surface area contributed by atoms with Crippen LogP contribution in [0.2, 0.25) is 0 Å². The van der Waals surface area contributed by atoms with Crippen LogP contribution < -0.4 is 0 Å². The van der Waals surface area contributed by atoms with Gasteiger partial charge in [-0.3, -0.25) is 0 Å². The highest BCUT2D eigenvalue weighted by Gasteiger charge is 2.17. The molecule has 0 aliphatic carbocycles. The lowest BCUT2D eigenvalue weighted by atomic mass is 10.3. The molecule has 0 bridgehead atoms. The van der Waals surface area contributed by atoms with Crippen molar-refractivity contribution < 1.29 is 18.0 Å². The number of rotatable bonds is 8. The van der Waals surface area contributed by atoms with Crippen LogP contribution >= 0.6 is 11.3 Å². The fourth-order valence-electron chi connectivity index (χ4n) is 1.69. The van der Waals surface area contributed by atoms with E-state index in [1.807, 2.05) is 16.8 Å². The molecule has 0 aromatic carbocycles. The molecule has 20 heavy (non-hydrogen) atoms. The molecule has 8 heteroatoms. The van der Waals surface area contributed by atoms with Crippen LogP contribution in [0.4, 0.5) is 0 Å². The van der Waals surface area contributed by atoms with Crippen molar-refractivity contribution in [3.63, 3.8) is 0 Å². The Morgan fingerprint density at radius 2 is 2.15 bits per heavy atom. The molecule has 2 heterocycles. The molecular formula is C12H16N2O4S2. The second-order valence-corrected chi connectivity index (χ2v) is 7.36. The lowest BCUT2D eigenvalue weighted by Crippen LogP contribution is -2.09. The summed E-state index contributed by atoms with van der Waals surface area (Å²) in [6.07, 6.45) is 1.85. The van der Waals surface area contributed by atoms with Crippen molar-refractivity contribution in [2.45, 2.75) is 25.0 Å². The van der Waals surface area contributed by atoms with Crippen LogP contribution in [0.5, 0.6) is 0 Å². The number of aromatic nitrogens is 2. The Balaban J connectivity index is 1.92. The minimum atomic E-state index is -3.25. The predicted octanol–water partition coefficient (Wildman–Crippen LogP) is 1.88. The number of nitrogens with zero attached hydrogens (tertiary/aromatic N) is 2. The highest BCUT2D eigenvalue weighted by molar-refractivity contribution is 7.90. The standard InChI is InChI=1S/C12H16N2O4S2/c15-5-2-1-3-7-20(16,17)9-11-13-12(14-18-11)10-4-6-19-8-10/h4,6,8,15H,1-3,5,7,9H2. The van der Waals surface area contributed by atoms with E-state index in [4.69, 9.17) is 9.63 Å². The Morgan fingerprint density at radius 1 is 1.30 bits per heavy atom. The Morgan fingerprint density at radius 3 is 2.85 bits per heavy atom. The van der Waals surface area contributed by atoms with E-state index in [1.165, 1.54) is 11.3 Å². The third kappa shape index (κ3) is 4.39. The van der Waals surface area contributed by atoms with Crippen molar-refractivity contribution in [1.82, 2.24) is 10.1 Å². The molecule has 0 spiro atoms. The summed E-state index contributed by atoms with van der Waals surface area (Å²) in [6.45, 7) is 0.0910. The average Bonchev–Trinajstić information content (AvgIpc) is 3.04. The molecule has 110 valence electrons. The monoisotopic (exact) mass is 316 g/mol. The Kier molecular flexibility index (Phi) is 5.27. The number of unbranched alkanes of at least 4 members (excludes halogenated alkanes) is 2. The fourth-order valence-corrected chi connectivity index (χ4v) is 3.61. The van der Waals surface area contributed by atoms with Gasteiger partial charge in [0.25, 0.3) is 0 Å². The van der Waals surface area contributed by atoms with Gasteiger partial charge in [0.15, 0.2) is 9.84 Å². The minimum Gasteiger partial charge on any atom is -0.396 e. The number of hydrogen-bond donors (Lipinski definition) is 1. The third-order valence-corrected chi connectivity index (χ3v) is 4.99. The quantitative estimate of drug-likeness (QED) is 0.747. The molecule has 0 aliphatic heterocycles. The fraction of sp³-hybridized carbons (Fsp3) is 0.500. The van der Waals surface area contributed by atoms with Crippen LogP contribution in [0.1, 0.15) is 25.2 Å². The van der Waals surface area contributed by atoms with Crippen molar-refractivity contribution in [1.29, 1.82) is 0 Å². The summed E-state index contributed by atoms with van der Waals surface area (Å²) in [5.41, 5.74) is 0.824. The number of aliphatic hydroxyl groups is 1. The molecule has 2 aromatic rings. The third-order valence-electron chi connectivity index (χ3n) is 2.70. The van der Waals surface area contributed by atoms with E-state index < -0.39 is 9.84 Å².